The Morgan fingerprint density at radius 1 is 1.50 bits per heavy atom. The Morgan fingerprint density at radius 2 is 2.07 bits per heavy atom. The van der Waals surface area contributed by atoms with Crippen LogP contribution in [0.4, 0.5) is 0 Å². The molecule has 0 saturated carbocycles. The van der Waals surface area contributed by atoms with Crippen LogP contribution >= 0.6 is 11.6 Å². The topological polar surface area (TPSA) is 58.6 Å². The molecule has 1 atom stereocenters. The summed E-state index contributed by atoms with van der Waals surface area (Å²) in [7, 11) is 0. The molecule has 0 aromatic heterocycles. The van der Waals surface area contributed by atoms with E-state index < -0.39 is 12.0 Å². The van der Waals surface area contributed by atoms with Crippen molar-refractivity contribution in [1.29, 1.82) is 0 Å². The van der Waals surface area contributed by atoms with E-state index in [-0.39, 0.29) is 0 Å². The third-order valence-electron chi connectivity index (χ3n) is 1.61. The van der Waals surface area contributed by atoms with Crippen LogP contribution in [0, 0.1) is 0 Å². The Kier molecular flexibility index (Phi) is 3.73. The maximum Gasteiger partial charge on any atom is 0.284 e. The minimum absolute atomic E-state index is 0.519. The molecule has 1 amide bonds. The smallest absolute Gasteiger partial charge is 0.284 e. The normalized spacial score (nSPS) is 11.9. The highest BCUT2D eigenvalue weighted by Gasteiger charge is 2.12. The van der Waals surface area contributed by atoms with Gasteiger partial charge in [-0.3, -0.25) is 10.0 Å². The maximum absolute atomic E-state index is 10.9. The van der Waals surface area contributed by atoms with E-state index in [0.717, 1.165) is 0 Å². The van der Waals surface area contributed by atoms with Crippen LogP contribution in [0.5, 0.6) is 5.75 Å². The number of ether oxygens (including phenoxy) is 1. The SMILES string of the molecule is CC(Oc1ccc(Cl)cc1)C(=O)NO. The first-order chi connectivity index (χ1) is 6.63. The molecule has 0 saturated heterocycles. The number of carbonyl (C=O) groups is 1. The lowest BCUT2D eigenvalue weighted by Gasteiger charge is -2.12. The molecule has 1 rings (SSSR count). The van der Waals surface area contributed by atoms with Crippen LogP contribution < -0.4 is 10.2 Å². The van der Waals surface area contributed by atoms with Gasteiger partial charge in [-0.25, -0.2) is 5.48 Å². The number of nitrogens with one attached hydrogen (secondary N) is 1. The number of carbonyl (C=O) groups excluding carboxylic acids is 1. The molecule has 1 aromatic carbocycles. The van der Waals surface area contributed by atoms with E-state index >= 15 is 0 Å². The number of benzene rings is 1. The monoisotopic (exact) mass is 215 g/mol. The summed E-state index contributed by atoms with van der Waals surface area (Å²) in [5, 5.41) is 8.92. The van der Waals surface area contributed by atoms with Gasteiger partial charge in [0.2, 0.25) is 0 Å². The predicted molar refractivity (Wildman–Crippen MR) is 51.5 cm³/mol. The summed E-state index contributed by atoms with van der Waals surface area (Å²) in [5.74, 6) is -0.0783. The van der Waals surface area contributed by atoms with Gasteiger partial charge in [0, 0.05) is 5.02 Å². The summed E-state index contributed by atoms with van der Waals surface area (Å²) in [6.45, 7) is 1.53. The van der Waals surface area contributed by atoms with Crippen LogP contribution in [0.15, 0.2) is 24.3 Å². The fourth-order valence-electron chi connectivity index (χ4n) is 0.862. The third-order valence-corrected chi connectivity index (χ3v) is 1.86. The van der Waals surface area contributed by atoms with E-state index in [9.17, 15) is 4.79 Å². The zero-order valence-electron chi connectivity index (χ0n) is 7.53. The number of hydroxylamine groups is 1. The second kappa shape index (κ2) is 4.83. The first-order valence-corrected chi connectivity index (χ1v) is 4.37. The molecule has 1 aromatic rings. The Bertz CT molecular complexity index is 312. The Labute approximate surface area is 86.4 Å². The molecule has 2 N–H and O–H groups in total. The highest BCUT2D eigenvalue weighted by Crippen LogP contribution is 2.16. The molecule has 1 unspecified atom stereocenters. The summed E-state index contributed by atoms with van der Waals surface area (Å²) >= 11 is 5.66. The van der Waals surface area contributed by atoms with Crippen molar-refractivity contribution in [1.82, 2.24) is 5.48 Å². The van der Waals surface area contributed by atoms with Gasteiger partial charge in [-0.1, -0.05) is 11.6 Å². The zero-order chi connectivity index (χ0) is 10.6. The zero-order valence-corrected chi connectivity index (χ0v) is 8.28. The van der Waals surface area contributed by atoms with Crippen LogP contribution in [0.25, 0.3) is 0 Å². The highest BCUT2D eigenvalue weighted by atomic mass is 35.5. The van der Waals surface area contributed by atoms with Gasteiger partial charge in [0.1, 0.15) is 5.75 Å². The molecule has 0 spiro atoms. The molecular formula is C9H10ClNO3. The average molecular weight is 216 g/mol. The number of halogens is 1. The molecule has 0 aliphatic rings. The van der Waals surface area contributed by atoms with Gasteiger partial charge < -0.3 is 4.74 Å². The molecular weight excluding hydrogens is 206 g/mol. The van der Waals surface area contributed by atoms with E-state index in [4.69, 9.17) is 21.5 Å². The van der Waals surface area contributed by atoms with Gasteiger partial charge in [0.05, 0.1) is 0 Å². The standard InChI is InChI=1S/C9H10ClNO3/c1-6(9(12)11-13)14-8-4-2-7(10)3-5-8/h2-6,13H,1H3,(H,11,12). The molecule has 14 heavy (non-hydrogen) atoms. The van der Waals surface area contributed by atoms with Crippen molar-refractivity contribution in [2.24, 2.45) is 0 Å². The lowest BCUT2D eigenvalue weighted by molar-refractivity contribution is -0.135. The van der Waals surface area contributed by atoms with E-state index in [1.807, 2.05) is 0 Å². The number of rotatable bonds is 3. The number of hydrogen-bond acceptors (Lipinski definition) is 3. The molecule has 0 bridgehead atoms. The predicted octanol–water partition coefficient (Wildman–Crippen LogP) is 1.61. The number of hydrogen-bond donors (Lipinski definition) is 2. The fourth-order valence-corrected chi connectivity index (χ4v) is 0.988. The van der Waals surface area contributed by atoms with Crippen molar-refractivity contribution < 1.29 is 14.7 Å². The molecule has 4 nitrogen and oxygen atoms in total. The first kappa shape index (κ1) is 10.8. The number of amides is 1. The minimum Gasteiger partial charge on any atom is -0.481 e. The fraction of sp³-hybridized carbons (Fsp3) is 0.222. The maximum atomic E-state index is 10.9. The van der Waals surface area contributed by atoms with Crippen molar-refractivity contribution in [3.8, 4) is 5.75 Å². The first-order valence-electron chi connectivity index (χ1n) is 3.99. The Morgan fingerprint density at radius 3 is 2.57 bits per heavy atom. The molecule has 0 heterocycles. The molecule has 0 aliphatic carbocycles. The molecule has 0 aliphatic heterocycles. The summed E-state index contributed by atoms with van der Waals surface area (Å²) in [6.07, 6.45) is -0.749. The molecule has 5 heteroatoms. The second-order valence-electron chi connectivity index (χ2n) is 2.69. The molecule has 0 fully saturated rings. The van der Waals surface area contributed by atoms with Gasteiger partial charge in [-0.2, -0.15) is 0 Å². The van der Waals surface area contributed by atoms with E-state index in [1.165, 1.54) is 12.4 Å². The summed E-state index contributed by atoms with van der Waals surface area (Å²) in [6, 6.07) is 6.59. The van der Waals surface area contributed by atoms with Crippen molar-refractivity contribution in [3.05, 3.63) is 29.3 Å². The van der Waals surface area contributed by atoms with Crippen LogP contribution in [0.3, 0.4) is 0 Å². The summed E-state index contributed by atoms with van der Waals surface area (Å²) in [5.41, 5.74) is 1.51. The van der Waals surface area contributed by atoms with Crippen LogP contribution in [-0.2, 0) is 4.79 Å². The van der Waals surface area contributed by atoms with Crippen molar-refractivity contribution in [2.75, 3.05) is 0 Å². The third kappa shape index (κ3) is 2.90. The van der Waals surface area contributed by atoms with Crippen LogP contribution in [0.2, 0.25) is 5.02 Å². The summed E-state index contributed by atoms with van der Waals surface area (Å²) < 4.78 is 5.19. The van der Waals surface area contributed by atoms with Gasteiger partial charge in [0.15, 0.2) is 6.10 Å². The van der Waals surface area contributed by atoms with Crippen LogP contribution in [0.1, 0.15) is 6.92 Å². The molecule has 76 valence electrons. The second-order valence-corrected chi connectivity index (χ2v) is 3.13. The van der Waals surface area contributed by atoms with Gasteiger partial charge in [-0.15, -0.1) is 0 Å². The highest BCUT2D eigenvalue weighted by molar-refractivity contribution is 6.30. The van der Waals surface area contributed by atoms with Crippen molar-refractivity contribution in [2.45, 2.75) is 13.0 Å². The van der Waals surface area contributed by atoms with E-state index in [2.05, 4.69) is 0 Å². The van der Waals surface area contributed by atoms with Gasteiger partial charge in [-0.05, 0) is 31.2 Å². The Balaban J connectivity index is 2.60. The quantitative estimate of drug-likeness (QED) is 0.595. The van der Waals surface area contributed by atoms with Gasteiger partial charge >= 0.3 is 0 Å². The molecule has 0 radical (unpaired) electrons. The minimum atomic E-state index is -0.749. The van der Waals surface area contributed by atoms with E-state index in [0.29, 0.717) is 10.8 Å². The lowest BCUT2D eigenvalue weighted by Crippen LogP contribution is -2.34. The average Bonchev–Trinajstić information content (AvgIpc) is 2.20. The van der Waals surface area contributed by atoms with Crippen molar-refractivity contribution in [3.63, 3.8) is 0 Å². The van der Waals surface area contributed by atoms with Crippen molar-refractivity contribution >= 4 is 17.5 Å². The Hall–Kier alpha value is -1.26. The lowest BCUT2D eigenvalue weighted by atomic mass is 10.3. The van der Waals surface area contributed by atoms with Crippen LogP contribution in [-0.4, -0.2) is 17.2 Å². The van der Waals surface area contributed by atoms with Gasteiger partial charge in [0.25, 0.3) is 5.91 Å². The summed E-state index contributed by atoms with van der Waals surface area (Å²) in [4.78, 5) is 10.9. The largest absolute Gasteiger partial charge is 0.481 e. The van der Waals surface area contributed by atoms with E-state index in [1.54, 1.807) is 24.3 Å².